The molecule has 5 nitrogen and oxygen atoms in total. The molecular formula is C16H19N3O2S. The Kier molecular flexibility index (Phi) is 4.02. The molecule has 2 heterocycles. The number of fused-ring (bicyclic) bond motifs is 1. The molecule has 0 radical (unpaired) electrons. The van der Waals surface area contributed by atoms with Gasteiger partial charge in [-0.05, 0) is 30.2 Å². The second kappa shape index (κ2) is 5.96. The molecule has 1 N–H and O–H groups in total. The van der Waals surface area contributed by atoms with E-state index in [0.717, 1.165) is 23.5 Å². The summed E-state index contributed by atoms with van der Waals surface area (Å²) in [6, 6.07) is 11.6. The molecule has 0 unspecified atom stereocenters. The molecule has 1 aromatic heterocycles. The zero-order valence-electron chi connectivity index (χ0n) is 12.5. The molecule has 116 valence electrons. The zero-order valence-corrected chi connectivity index (χ0v) is 13.3. The summed E-state index contributed by atoms with van der Waals surface area (Å²) >= 11 is 0. The highest BCUT2D eigenvalue weighted by molar-refractivity contribution is 7.92. The normalized spacial score (nSPS) is 14.0. The number of rotatable bonds is 5. The summed E-state index contributed by atoms with van der Waals surface area (Å²) in [5.74, 6) is 1.04. The highest BCUT2D eigenvalue weighted by Gasteiger charge is 2.23. The van der Waals surface area contributed by atoms with E-state index in [4.69, 9.17) is 0 Å². The van der Waals surface area contributed by atoms with E-state index in [1.807, 2.05) is 43.3 Å². The second-order valence-corrected chi connectivity index (χ2v) is 7.25. The summed E-state index contributed by atoms with van der Waals surface area (Å²) in [6.45, 7) is 3.27. The van der Waals surface area contributed by atoms with Crippen molar-refractivity contribution in [3.8, 4) is 0 Å². The van der Waals surface area contributed by atoms with Crippen LogP contribution in [0.25, 0.3) is 0 Å². The minimum Gasteiger partial charge on any atom is -0.348 e. The Labute approximate surface area is 131 Å². The third-order valence-electron chi connectivity index (χ3n) is 3.69. The van der Waals surface area contributed by atoms with Gasteiger partial charge in [0, 0.05) is 24.8 Å². The molecule has 0 amide bonds. The van der Waals surface area contributed by atoms with Crippen molar-refractivity contribution in [2.24, 2.45) is 0 Å². The third kappa shape index (κ3) is 3.06. The summed E-state index contributed by atoms with van der Waals surface area (Å²) < 4.78 is 26.7. The van der Waals surface area contributed by atoms with E-state index in [0.29, 0.717) is 18.7 Å². The first-order valence-corrected chi connectivity index (χ1v) is 9.01. The third-order valence-corrected chi connectivity index (χ3v) is 5.17. The van der Waals surface area contributed by atoms with E-state index in [2.05, 4.69) is 14.6 Å². The van der Waals surface area contributed by atoms with Gasteiger partial charge in [-0.15, -0.1) is 0 Å². The van der Waals surface area contributed by atoms with Crippen LogP contribution < -0.4 is 9.62 Å². The standard InChI is InChI=1S/C16H19N3O2S/c1-2-10-22(20,21)18-15-7-5-6-13-11-19(12-14(13)15)16-8-3-4-9-17-16/h3-9,18H,2,10-12H2,1H3. The van der Waals surface area contributed by atoms with E-state index >= 15 is 0 Å². The van der Waals surface area contributed by atoms with Gasteiger partial charge in [0.25, 0.3) is 0 Å². The maximum Gasteiger partial charge on any atom is 0.232 e. The Morgan fingerprint density at radius 3 is 2.77 bits per heavy atom. The van der Waals surface area contributed by atoms with Gasteiger partial charge in [-0.1, -0.05) is 25.1 Å². The van der Waals surface area contributed by atoms with E-state index in [-0.39, 0.29) is 5.75 Å². The van der Waals surface area contributed by atoms with Crippen LogP contribution in [0.1, 0.15) is 24.5 Å². The lowest BCUT2D eigenvalue weighted by Crippen LogP contribution is -2.18. The van der Waals surface area contributed by atoms with Gasteiger partial charge in [0.1, 0.15) is 5.82 Å². The number of benzene rings is 1. The minimum atomic E-state index is -3.27. The number of nitrogens with one attached hydrogen (secondary N) is 1. The molecule has 0 bridgehead atoms. The molecule has 1 aliphatic rings. The van der Waals surface area contributed by atoms with Crippen LogP contribution in [0.2, 0.25) is 0 Å². The van der Waals surface area contributed by atoms with Gasteiger partial charge in [-0.3, -0.25) is 4.72 Å². The summed E-state index contributed by atoms with van der Waals surface area (Å²) in [7, 11) is -3.27. The van der Waals surface area contributed by atoms with Crippen LogP contribution in [-0.2, 0) is 23.1 Å². The fourth-order valence-corrected chi connectivity index (χ4v) is 3.87. The van der Waals surface area contributed by atoms with E-state index < -0.39 is 10.0 Å². The number of sulfonamides is 1. The van der Waals surface area contributed by atoms with Gasteiger partial charge in [0.15, 0.2) is 0 Å². The maximum atomic E-state index is 12.0. The highest BCUT2D eigenvalue weighted by atomic mass is 32.2. The monoisotopic (exact) mass is 317 g/mol. The molecule has 0 aliphatic carbocycles. The number of anilines is 2. The van der Waals surface area contributed by atoms with Crippen molar-refractivity contribution in [1.82, 2.24) is 4.98 Å². The molecule has 6 heteroatoms. The first-order chi connectivity index (χ1) is 10.6. The number of hydrogen-bond donors (Lipinski definition) is 1. The molecule has 0 saturated heterocycles. The van der Waals surface area contributed by atoms with Crippen molar-refractivity contribution in [3.05, 3.63) is 53.7 Å². The molecule has 3 rings (SSSR count). The molecule has 1 aromatic carbocycles. The topological polar surface area (TPSA) is 62.3 Å². The van der Waals surface area contributed by atoms with Crippen molar-refractivity contribution in [2.75, 3.05) is 15.4 Å². The lowest BCUT2D eigenvalue weighted by molar-refractivity contribution is 0.600. The molecule has 2 aromatic rings. The number of nitrogens with zero attached hydrogens (tertiary/aromatic N) is 2. The van der Waals surface area contributed by atoms with Gasteiger partial charge < -0.3 is 4.90 Å². The minimum absolute atomic E-state index is 0.140. The van der Waals surface area contributed by atoms with E-state index in [1.54, 1.807) is 6.20 Å². The molecule has 1 aliphatic heterocycles. The van der Waals surface area contributed by atoms with Crippen LogP contribution in [0.4, 0.5) is 11.5 Å². The Morgan fingerprint density at radius 1 is 1.18 bits per heavy atom. The molecule has 22 heavy (non-hydrogen) atoms. The van der Waals surface area contributed by atoms with Crippen LogP contribution in [0.3, 0.4) is 0 Å². The van der Waals surface area contributed by atoms with Gasteiger partial charge >= 0.3 is 0 Å². The summed E-state index contributed by atoms with van der Waals surface area (Å²) in [4.78, 5) is 6.51. The fourth-order valence-electron chi connectivity index (χ4n) is 2.71. The number of pyridine rings is 1. The van der Waals surface area contributed by atoms with Gasteiger partial charge in [-0.25, -0.2) is 13.4 Å². The molecule has 0 spiro atoms. The van der Waals surface area contributed by atoms with Gasteiger partial charge in [0.05, 0.1) is 11.4 Å². The van der Waals surface area contributed by atoms with Gasteiger partial charge in [-0.2, -0.15) is 0 Å². The van der Waals surface area contributed by atoms with E-state index in [1.165, 1.54) is 0 Å². The largest absolute Gasteiger partial charge is 0.348 e. The first-order valence-electron chi connectivity index (χ1n) is 7.36. The number of aromatic nitrogens is 1. The summed E-state index contributed by atoms with van der Waals surface area (Å²) in [5, 5.41) is 0. The van der Waals surface area contributed by atoms with Crippen molar-refractivity contribution in [1.29, 1.82) is 0 Å². The Morgan fingerprint density at radius 2 is 2.05 bits per heavy atom. The second-order valence-electron chi connectivity index (χ2n) is 5.41. The number of hydrogen-bond acceptors (Lipinski definition) is 4. The van der Waals surface area contributed by atoms with Gasteiger partial charge in [0.2, 0.25) is 10.0 Å². The smallest absolute Gasteiger partial charge is 0.232 e. The average Bonchev–Trinajstić information content (AvgIpc) is 2.93. The molecule has 0 fully saturated rings. The Bertz CT molecular complexity index is 760. The predicted molar refractivity (Wildman–Crippen MR) is 88.3 cm³/mol. The Hall–Kier alpha value is -2.08. The van der Waals surface area contributed by atoms with Crippen molar-refractivity contribution in [3.63, 3.8) is 0 Å². The SMILES string of the molecule is CCCS(=O)(=O)Nc1cccc2c1CN(c1ccccn1)C2. The van der Waals surface area contributed by atoms with Crippen LogP contribution in [0.5, 0.6) is 0 Å². The lowest BCUT2D eigenvalue weighted by atomic mass is 10.1. The van der Waals surface area contributed by atoms with E-state index in [9.17, 15) is 8.42 Å². The zero-order chi connectivity index (χ0) is 15.6. The van der Waals surface area contributed by atoms with Crippen LogP contribution in [-0.4, -0.2) is 19.2 Å². The van der Waals surface area contributed by atoms with Crippen molar-refractivity contribution in [2.45, 2.75) is 26.4 Å². The first kappa shape index (κ1) is 14.8. The molecule has 0 atom stereocenters. The summed E-state index contributed by atoms with van der Waals surface area (Å²) in [5.41, 5.74) is 2.86. The average molecular weight is 317 g/mol. The Balaban J connectivity index is 1.86. The quantitative estimate of drug-likeness (QED) is 0.921. The fraction of sp³-hybridized carbons (Fsp3) is 0.312. The predicted octanol–water partition coefficient (Wildman–Crippen LogP) is 2.75. The molecular weight excluding hydrogens is 298 g/mol. The van der Waals surface area contributed by atoms with Crippen molar-refractivity contribution < 1.29 is 8.42 Å². The lowest BCUT2D eigenvalue weighted by Gasteiger charge is -2.16. The summed E-state index contributed by atoms with van der Waals surface area (Å²) in [6.07, 6.45) is 2.37. The van der Waals surface area contributed by atoms with Crippen molar-refractivity contribution >= 4 is 21.5 Å². The van der Waals surface area contributed by atoms with Crippen LogP contribution in [0.15, 0.2) is 42.6 Å². The molecule has 0 saturated carbocycles. The highest BCUT2D eigenvalue weighted by Crippen LogP contribution is 2.32. The maximum absolute atomic E-state index is 12.0. The van der Waals surface area contributed by atoms with Crippen LogP contribution >= 0.6 is 0 Å². The van der Waals surface area contributed by atoms with Crippen LogP contribution in [0, 0.1) is 0 Å².